The lowest BCUT2D eigenvalue weighted by Crippen LogP contribution is -2.41. The van der Waals surface area contributed by atoms with Crippen molar-refractivity contribution in [1.29, 1.82) is 0 Å². The quantitative estimate of drug-likeness (QED) is 0.384. The molecule has 0 saturated heterocycles. The first kappa shape index (κ1) is 24.0. The molecule has 2 saturated carbocycles. The molecule has 2 fully saturated rings. The first-order chi connectivity index (χ1) is 14.8. The van der Waals surface area contributed by atoms with Gasteiger partial charge in [-0.1, -0.05) is 48.9 Å². The van der Waals surface area contributed by atoms with Crippen molar-refractivity contribution in [2.75, 3.05) is 6.54 Å². The van der Waals surface area contributed by atoms with Gasteiger partial charge in [-0.15, -0.1) is 0 Å². The third-order valence-electron chi connectivity index (χ3n) is 6.41. The summed E-state index contributed by atoms with van der Waals surface area (Å²) in [4.78, 5) is 11.8. The number of nitrogens with one attached hydrogen (secondary N) is 2. The lowest BCUT2D eigenvalue weighted by molar-refractivity contribution is -0.154. The van der Waals surface area contributed by atoms with Gasteiger partial charge in [-0.2, -0.15) is 0 Å². The Morgan fingerprint density at radius 1 is 1.10 bits per heavy atom. The maximum Gasteiger partial charge on any atom is 0.306 e. The molecule has 4 nitrogen and oxygen atoms in total. The van der Waals surface area contributed by atoms with Gasteiger partial charge in [0.2, 0.25) is 0 Å². The second-order valence-corrected chi connectivity index (χ2v) is 10.3. The van der Waals surface area contributed by atoms with E-state index in [4.69, 9.17) is 4.74 Å². The van der Waals surface area contributed by atoms with Crippen LogP contribution >= 0.6 is 0 Å². The molecule has 172 valence electrons. The number of benzene rings is 1. The average Bonchev–Trinajstić information content (AvgIpc) is 3.49. The zero-order chi connectivity index (χ0) is 22.3. The fourth-order valence-corrected chi connectivity index (χ4v) is 4.72. The Hall–Kier alpha value is -1.65. The maximum atomic E-state index is 11.8. The van der Waals surface area contributed by atoms with Crippen LogP contribution in [0, 0.1) is 5.92 Å². The Morgan fingerprint density at radius 2 is 1.77 bits per heavy atom. The zero-order valence-electron chi connectivity index (χ0n) is 20.0. The average molecular weight is 427 g/mol. The summed E-state index contributed by atoms with van der Waals surface area (Å²) >= 11 is 0. The molecule has 0 bridgehead atoms. The lowest BCUT2D eigenvalue weighted by Gasteiger charge is -2.30. The lowest BCUT2D eigenvalue weighted by atomic mass is 9.91. The number of ether oxygens (including phenoxy) is 1. The minimum absolute atomic E-state index is 0.0889. The Balaban J connectivity index is 1.30. The van der Waals surface area contributed by atoms with Gasteiger partial charge in [0.25, 0.3) is 0 Å². The molecule has 3 rings (SSSR count). The Bertz CT molecular complexity index is 715. The number of carbonyl (C=O) groups is 1. The number of esters is 1. The second-order valence-electron chi connectivity index (χ2n) is 10.3. The number of carbonyl (C=O) groups excluding carboxylic acids is 1. The van der Waals surface area contributed by atoms with E-state index in [9.17, 15) is 4.79 Å². The van der Waals surface area contributed by atoms with Crippen LogP contribution in [0.15, 0.2) is 35.9 Å². The van der Waals surface area contributed by atoms with Gasteiger partial charge in [0.05, 0.1) is 0 Å². The normalized spacial score (nSPS) is 26.5. The molecule has 1 aromatic carbocycles. The molecule has 2 atom stereocenters. The SMILES string of the molecule is CCC(=Cc1ccccc1)C1CC1NC1CCC(NCCCC(=O)OC(C)(C)C)CC1. The van der Waals surface area contributed by atoms with E-state index in [1.807, 2.05) is 20.8 Å². The molecule has 0 amide bonds. The predicted octanol–water partition coefficient (Wildman–Crippen LogP) is 5.48. The minimum atomic E-state index is -0.383. The van der Waals surface area contributed by atoms with Gasteiger partial charge in [-0.05, 0) is 83.7 Å². The highest BCUT2D eigenvalue weighted by molar-refractivity contribution is 5.69. The molecule has 0 heterocycles. The van der Waals surface area contributed by atoms with Crippen LogP contribution in [0.1, 0.15) is 84.6 Å². The summed E-state index contributed by atoms with van der Waals surface area (Å²) in [6, 6.07) is 12.6. The summed E-state index contributed by atoms with van der Waals surface area (Å²) in [6.45, 7) is 8.94. The van der Waals surface area contributed by atoms with E-state index in [1.54, 1.807) is 5.57 Å². The van der Waals surface area contributed by atoms with Gasteiger partial charge in [0.1, 0.15) is 5.60 Å². The molecule has 0 radical (unpaired) electrons. The third kappa shape index (κ3) is 8.42. The number of hydrogen-bond donors (Lipinski definition) is 2. The number of hydrogen-bond acceptors (Lipinski definition) is 4. The van der Waals surface area contributed by atoms with E-state index in [0.717, 1.165) is 19.4 Å². The van der Waals surface area contributed by atoms with Gasteiger partial charge in [0, 0.05) is 24.5 Å². The highest BCUT2D eigenvalue weighted by Crippen LogP contribution is 2.40. The zero-order valence-corrected chi connectivity index (χ0v) is 20.0. The van der Waals surface area contributed by atoms with Crippen LogP contribution in [0.25, 0.3) is 6.08 Å². The first-order valence-corrected chi connectivity index (χ1v) is 12.3. The molecule has 0 spiro atoms. The monoisotopic (exact) mass is 426 g/mol. The van der Waals surface area contributed by atoms with Crippen molar-refractivity contribution in [3.05, 3.63) is 41.5 Å². The summed E-state index contributed by atoms with van der Waals surface area (Å²) < 4.78 is 5.37. The molecule has 1 aromatic rings. The second kappa shape index (κ2) is 11.3. The number of rotatable bonds is 10. The van der Waals surface area contributed by atoms with Crippen LogP contribution in [-0.2, 0) is 9.53 Å². The summed E-state index contributed by atoms with van der Waals surface area (Å²) in [5.41, 5.74) is 2.53. The highest BCUT2D eigenvalue weighted by atomic mass is 16.6. The molecule has 2 aliphatic carbocycles. The molecule has 0 aliphatic heterocycles. The van der Waals surface area contributed by atoms with Crippen LogP contribution in [0.3, 0.4) is 0 Å². The van der Waals surface area contributed by atoms with Gasteiger partial charge < -0.3 is 15.4 Å². The molecular weight excluding hydrogens is 384 g/mol. The van der Waals surface area contributed by atoms with E-state index in [-0.39, 0.29) is 11.6 Å². The van der Waals surface area contributed by atoms with Gasteiger partial charge in [0.15, 0.2) is 0 Å². The van der Waals surface area contributed by atoms with Crippen molar-refractivity contribution in [2.45, 2.75) is 103 Å². The molecular formula is C27H42N2O2. The molecule has 2 aliphatic rings. The Labute approximate surface area is 189 Å². The standard InChI is InChI=1S/C27H42N2O2/c1-5-21(18-20-10-7-6-8-11-20)24-19-25(24)29-23-15-13-22(14-16-23)28-17-9-12-26(30)31-27(2,3)4/h6-8,10-11,18,22-25,28-29H,5,9,12-17,19H2,1-4H3. The van der Waals surface area contributed by atoms with E-state index < -0.39 is 0 Å². The van der Waals surface area contributed by atoms with Crippen molar-refractivity contribution in [2.24, 2.45) is 5.92 Å². The van der Waals surface area contributed by atoms with E-state index in [2.05, 4.69) is 54.0 Å². The molecule has 31 heavy (non-hydrogen) atoms. The Morgan fingerprint density at radius 3 is 2.42 bits per heavy atom. The maximum absolute atomic E-state index is 11.8. The van der Waals surface area contributed by atoms with Gasteiger partial charge >= 0.3 is 5.97 Å². The van der Waals surface area contributed by atoms with E-state index >= 15 is 0 Å². The molecule has 2 unspecified atom stereocenters. The fourth-order valence-electron chi connectivity index (χ4n) is 4.72. The van der Waals surface area contributed by atoms with Crippen LogP contribution in [0.2, 0.25) is 0 Å². The van der Waals surface area contributed by atoms with Crippen molar-refractivity contribution in [3.63, 3.8) is 0 Å². The summed E-state index contributed by atoms with van der Waals surface area (Å²) in [5.74, 6) is 0.628. The summed E-state index contributed by atoms with van der Waals surface area (Å²) in [5, 5.41) is 7.59. The van der Waals surface area contributed by atoms with Crippen molar-refractivity contribution >= 4 is 12.0 Å². The van der Waals surface area contributed by atoms with Gasteiger partial charge in [-0.3, -0.25) is 4.79 Å². The third-order valence-corrected chi connectivity index (χ3v) is 6.41. The Kier molecular flexibility index (Phi) is 8.74. The minimum Gasteiger partial charge on any atom is -0.460 e. The van der Waals surface area contributed by atoms with Gasteiger partial charge in [-0.25, -0.2) is 0 Å². The van der Waals surface area contributed by atoms with Crippen molar-refractivity contribution < 1.29 is 9.53 Å². The largest absolute Gasteiger partial charge is 0.460 e. The highest BCUT2D eigenvalue weighted by Gasteiger charge is 2.40. The topological polar surface area (TPSA) is 50.4 Å². The van der Waals surface area contributed by atoms with Crippen LogP contribution in [0.4, 0.5) is 0 Å². The smallest absolute Gasteiger partial charge is 0.306 e. The van der Waals surface area contributed by atoms with Crippen LogP contribution in [0.5, 0.6) is 0 Å². The molecule has 0 aromatic heterocycles. The fraction of sp³-hybridized carbons (Fsp3) is 0.667. The van der Waals surface area contributed by atoms with E-state index in [1.165, 1.54) is 37.7 Å². The van der Waals surface area contributed by atoms with E-state index in [0.29, 0.717) is 30.5 Å². The van der Waals surface area contributed by atoms with Crippen LogP contribution in [-0.4, -0.2) is 36.2 Å². The van der Waals surface area contributed by atoms with Crippen molar-refractivity contribution in [1.82, 2.24) is 10.6 Å². The molecule has 4 heteroatoms. The molecule has 2 N–H and O–H groups in total. The van der Waals surface area contributed by atoms with Crippen LogP contribution < -0.4 is 10.6 Å². The summed E-state index contributed by atoms with van der Waals surface area (Å²) in [7, 11) is 0. The first-order valence-electron chi connectivity index (χ1n) is 12.3. The predicted molar refractivity (Wildman–Crippen MR) is 129 cm³/mol. The summed E-state index contributed by atoms with van der Waals surface area (Å²) in [6.07, 6.45) is 11.1. The van der Waals surface area contributed by atoms with Crippen molar-refractivity contribution in [3.8, 4) is 0 Å².